The third-order valence-corrected chi connectivity index (χ3v) is 4.52. The van der Waals surface area contributed by atoms with E-state index in [1.807, 2.05) is 42.5 Å². The average Bonchev–Trinajstić information content (AvgIpc) is 3.07. The van der Waals surface area contributed by atoms with Crippen molar-refractivity contribution in [2.24, 2.45) is 0 Å². The van der Waals surface area contributed by atoms with Gasteiger partial charge in [0.25, 0.3) is 0 Å². The zero-order valence-electron chi connectivity index (χ0n) is 14.5. The van der Waals surface area contributed by atoms with E-state index in [0.717, 1.165) is 16.3 Å². The first-order valence-electron chi connectivity index (χ1n) is 8.27. The van der Waals surface area contributed by atoms with Crippen LogP contribution in [0.15, 0.2) is 65.7 Å². The first kappa shape index (κ1) is 17.4. The molecular weight excluding hydrogens is 362 g/mol. The fourth-order valence-electron chi connectivity index (χ4n) is 3.01. The van der Waals surface area contributed by atoms with Crippen molar-refractivity contribution in [3.8, 4) is 28.4 Å². The van der Waals surface area contributed by atoms with Crippen LogP contribution in [0.4, 0.5) is 0 Å². The number of thiol groups is 1. The number of phenolic OH excluding ortho intramolecular Hbond substituents is 1. The van der Waals surface area contributed by atoms with Gasteiger partial charge in [0.05, 0.1) is 0 Å². The van der Waals surface area contributed by atoms with Crippen molar-refractivity contribution in [2.45, 2.75) is 5.03 Å². The maximum Gasteiger partial charge on any atom is 0.188 e. The summed E-state index contributed by atoms with van der Waals surface area (Å²) < 4.78 is 11.8. The van der Waals surface area contributed by atoms with E-state index >= 15 is 0 Å². The van der Waals surface area contributed by atoms with Crippen molar-refractivity contribution in [1.82, 2.24) is 15.0 Å². The van der Waals surface area contributed by atoms with E-state index in [0.29, 0.717) is 22.2 Å². The second kappa shape index (κ2) is 7.30. The first-order valence-corrected chi connectivity index (χ1v) is 8.71. The Hall–Kier alpha value is -3.03. The van der Waals surface area contributed by atoms with Gasteiger partial charge in [-0.3, -0.25) is 0 Å². The molecule has 27 heavy (non-hydrogen) atoms. The maximum absolute atomic E-state index is 10.5. The molecule has 0 bridgehead atoms. The second-order valence-corrected chi connectivity index (χ2v) is 6.33. The molecular formula is C20H17N3O3S. The largest absolute Gasteiger partial charge is 0.506 e. The number of methoxy groups -OCH3 is 1. The molecule has 1 heterocycles. The zero-order valence-corrected chi connectivity index (χ0v) is 15.4. The molecule has 1 aromatic heterocycles. The fourth-order valence-corrected chi connectivity index (χ4v) is 3.26. The highest BCUT2D eigenvalue weighted by Crippen LogP contribution is 2.35. The highest BCUT2D eigenvalue weighted by atomic mass is 32.1. The van der Waals surface area contributed by atoms with E-state index in [1.54, 1.807) is 16.8 Å². The Morgan fingerprint density at radius 2 is 1.89 bits per heavy atom. The van der Waals surface area contributed by atoms with Gasteiger partial charge in [-0.05, 0) is 22.9 Å². The topological polar surface area (TPSA) is 69.4 Å². The lowest BCUT2D eigenvalue weighted by Crippen LogP contribution is -2.02. The number of fused-ring (bicyclic) bond motifs is 1. The van der Waals surface area contributed by atoms with Crippen LogP contribution in [-0.2, 0) is 4.74 Å². The van der Waals surface area contributed by atoms with Crippen molar-refractivity contribution in [3.05, 3.63) is 60.7 Å². The van der Waals surface area contributed by atoms with E-state index in [-0.39, 0.29) is 12.5 Å². The number of nitrogens with zero attached hydrogens (tertiary/aromatic N) is 3. The van der Waals surface area contributed by atoms with E-state index < -0.39 is 0 Å². The predicted octanol–water partition coefficient (Wildman–Crippen LogP) is 4.06. The molecule has 0 aliphatic carbocycles. The summed E-state index contributed by atoms with van der Waals surface area (Å²) in [5.74, 6) is 0.513. The Bertz CT molecular complexity index is 1110. The normalized spacial score (nSPS) is 11.0. The summed E-state index contributed by atoms with van der Waals surface area (Å²) in [6.45, 7) is 0.101. The fraction of sp³-hybridized carbons (Fsp3) is 0.100. The SMILES string of the molecule is COCOc1ccc(-n2nnc(S)c2-c2cccc3ccccc23)c(O)c1. The van der Waals surface area contributed by atoms with Gasteiger partial charge in [-0.15, -0.1) is 17.7 Å². The van der Waals surface area contributed by atoms with Crippen LogP contribution in [0.2, 0.25) is 0 Å². The molecule has 3 aromatic carbocycles. The lowest BCUT2D eigenvalue weighted by atomic mass is 10.0. The third-order valence-electron chi connectivity index (χ3n) is 4.22. The Morgan fingerprint density at radius 3 is 2.70 bits per heavy atom. The van der Waals surface area contributed by atoms with Crippen LogP contribution in [0.25, 0.3) is 27.7 Å². The number of aromatic nitrogens is 3. The van der Waals surface area contributed by atoms with Gasteiger partial charge >= 0.3 is 0 Å². The highest BCUT2D eigenvalue weighted by molar-refractivity contribution is 7.80. The zero-order chi connectivity index (χ0) is 18.8. The smallest absolute Gasteiger partial charge is 0.188 e. The molecule has 4 aromatic rings. The van der Waals surface area contributed by atoms with Gasteiger partial charge in [-0.2, -0.15) is 0 Å². The van der Waals surface area contributed by atoms with E-state index in [2.05, 4.69) is 22.9 Å². The first-order chi connectivity index (χ1) is 13.2. The van der Waals surface area contributed by atoms with Gasteiger partial charge in [0, 0.05) is 18.7 Å². The predicted molar refractivity (Wildman–Crippen MR) is 106 cm³/mol. The minimum absolute atomic E-state index is 0.0170. The van der Waals surface area contributed by atoms with E-state index in [1.165, 1.54) is 13.2 Å². The van der Waals surface area contributed by atoms with Gasteiger partial charge in [-0.25, -0.2) is 4.68 Å². The molecule has 1 N–H and O–H groups in total. The summed E-state index contributed by atoms with van der Waals surface area (Å²) in [5.41, 5.74) is 2.12. The molecule has 0 saturated carbocycles. The Labute approximate surface area is 161 Å². The van der Waals surface area contributed by atoms with E-state index in [4.69, 9.17) is 9.47 Å². The summed E-state index contributed by atoms with van der Waals surface area (Å²) in [4.78, 5) is 0. The number of benzene rings is 3. The molecule has 7 heteroatoms. The standard InChI is InChI=1S/C20H17N3O3S/c1-25-12-26-14-9-10-17(18(24)11-14)23-19(20(27)21-22-23)16-8-4-6-13-5-2-3-7-15(13)16/h2-11,24,27H,12H2,1H3. The summed E-state index contributed by atoms with van der Waals surface area (Å²) in [6, 6.07) is 19.0. The van der Waals surface area contributed by atoms with Gasteiger partial charge in [0.2, 0.25) is 0 Å². The number of ether oxygens (including phenoxy) is 2. The molecule has 0 radical (unpaired) electrons. The van der Waals surface area contributed by atoms with Gasteiger partial charge in [0.1, 0.15) is 27.9 Å². The quantitative estimate of drug-likeness (QED) is 0.404. The van der Waals surface area contributed by atoms with Crippen LogP contribution in [0, 0.1) is 0 Å². The monoisotopic (exact) mass is 379 g/mol. The molecule has 0 saturated heterocycles. The Morgan fingerprint density at radius 1 is 1.07 bits per heavy atom. The summed E-state index contributed by atoms with van der Waals surface area (Å²) in [7, 11) is 1.54. The number of aromatic hydroxyl groups is 1. The van der Waals surface area contributed by atoms with Crippen LogP contribution >= 0.6 is 12.6 Å². The Kier molecular flexibility index (Phi) is 4.70. The van der Waals surface area contributed by atoms with Gasteiger partial charge < -0.3 is 14.6 Å². The summed E-state index contributed by atoms with van der Waals surface area (Å²) in [5, 5.41) is 21.4. The van der Waals surface area contributed by atoms with Crippen molar-refractivity contribution >= 4 is 23.4 Å². The van der Waals surface area contributed by atoms with Crippen LogP contribution in [-0.4, -0.2) is 34.0 Å². The summed E-state index contributed by atoms with van der Waals surface area (Å²) >= 11 is 4.49. The minimum Gasteiger partial charge on any atom is -0.506 e. The maximum atomic E-state index is 10.5. The van der Waals surface area contributed by atoms with Crippen molar-refractivity contribution in [1.29, 1.82) is 0 Å². The third kappa shape index (κ3) is 3.22. The summed E-state index contributed by atoms with van der Waals surface area (Å²) in [6.07, 6.45) is 0. The molecule has 0 amide bonds. The number of hydrogen-bond donors (Lipinski definition) is 2. The number of hydrogen-bond acceptors (Lipinski definition) is 6. The highest BCUT2D eigenvalue weighted by Gasteiger charge is 2.18. The minimum atomic E-state index is 0.0170. The van der Waals surface area contributed by atoms with E-state index in [9.17, 15) is 5.11 Å². The molecule has 0 atom stereocenters. The molecule has 6 nitrogen and oxygen atoms in total. The Balaban J connectivity index is 1.86. The van der Waals surface area contributed by atoms with Gasteiger partial charge in [-0.1, -0.05) is 47.7 Å². The molecule has 136 valence electrons. The molecule has 0 unspecified atom stereocenters. The van der Waals surface area contributed by atoms with Crippen molar-refractivity contribution < 1.29 is 14.6 Å². The molecule has 0 spiro atoms. The lowest BCUT2D eigenvalue weighted by Gasteiger charge is -2.12. The van der Waals surface area contributed by atoms with Crippen molar-refractivity contribution in [2.75, 3.05) is 13.9 Å². The average molecular weight is 379 g/mol. The van der Waals surface area contributed by atoms with Crippen LogP contribution < -0.4 is 4.74 Å². The number of phenols is 1. The van der Waals surface area contributed by atoms with Crippen LogP contribution in [0.3, 0.4) is 0 Å². The van der Waals surface area contributed by atoms with Crippen molar-refractivity contribution in [3.63, 3.8) is 0 Å². The number of rotatable bonds is 5. The molecule has 0 aliphatic heterocycles. The second-order valence-electron chi connectivity index (χ2n) is 5.90. The van der Waals surface area contributed by atoms with Crippen LogP contribution in [0.5, 0.6) is 11.5 Å². The molecule has 4 rings (SSSR count). The van der Waals surface area contributed by atoms with Crippen LogP contribution in [0.1, 0.15) is 0 Å². The lowest BCUT2D eigenvalue weighted by molar-refractivity contribution is 0.0510. The van der Waals surface area contributed by atoms with Gasteiger partial charge in [0.15, 0.2) is 6.79 Å². The molecule has 0 aliphatic rings. The molecule has 0 fully saturated rings.